The fourth-order valence-corrected chi connectivity index (χ4v) is 2.13. The monoisotopic (exact) mass is 215 g/mol. The Morgan fingerprint density at radius 2 is 2.43 bits per heavy atom. The smallest absolute Gasteiger partial charge is 0.342 e. The van der Waals surface area contributed by atoms with E-state index in [2.05, 4.69) is 10.2 Å². The summed E-state index contributed by atoms with van der Waals surface area (Å²) >= 11 is 5.02. The second-order valence-corrected chi connectivity index (χ2v) is 3.98. The first-order valence-corrected chi connectivity index (χ1v) is 5.08. The number of H-pyrrole nitrogens is 2. The van der Waals surface area contributed by atoms with Crippen molar-refractivity contribution in [2.75, 3.05) is 13.2 Å². The van der Waals surface area contributed by atoms with Gasteiger partial charge in [-0.15, -0.1) is 0 Å². The maximum absolute atomic E-state index is 11.4. The summed E-state index contributed by atoms with van der Waals surface area (Å²) < 4.78 is 7.32. The van der Waals surface area contributed by atoms with Crippen LogP contribution in [0.3, 0.4) is 0 Å². The summed E-state index contributed by atoms with van der Waals surface area (Å²) in [6.45, 7) is 3.50. The quantitative estimate of drug-likeness (QED) is 0.718. The zero-order valence-electron chi connectivity index (χ0n) is 7.95. The normalized spacial score (nSPS) is 23.9. The molecule has 1 aromatic rings. The highest BCUT2D eigenvalue weighted by atomic mass is 32.1. The molecule has 1 aliphatic rings. The zero-order chi connectivity index (χ0) is 10.1. The largest absolute Gasteiger partial charge is 0.381 e. The highest BCUT2D eigenvalue weighted by Crippen LogP contribution is 2.24. The predicted molar refractivity (Wildman–Crippen MR) is 53.9 cm³/mol. The first kappa shape index (κ1) is 9.67. The minimum Gasteiger partial charge on any atom is -0.381 e. The van der Waals surface area contributed by atoms with Crippen LogP contribution in [-0.4, -0.2) is 28.0 Å². The lowest BCUT2D eigenvalue weighted by Crippen LogP contribution is -2.26. The molecule has 1 saturated heterocycles. The van der Waals surface area contributed by atoms with E-state index in [9.17, 15) is 4.79 Å². The van der Waals surface area contributed by atoms with Crippen molar-refractivity contribution in [3.8, 4) is 0 Å². The molecule has 1 fully saturated rings. The van der Waals surface area contributed by atoms with Crippen molar-refractivity contribution in [3.63, 3.8) is 0 Å². The van der Waals surface area contributed by atoms with Crippen LogP contribution >= 0.6 is 12.2 Å². The van der Waals surface area contributed by atoms with Gasteiger partial charge in [0.2, 0.25) is 0 Å². The summed E-state index contributed by atoms with van der Waals surface area (Å²) in [4.78, 5) is 11.4. The van der Waals surface area contributed by atoms with Gasteiger partial charge in [-0.05, 0) is 25.6 Å². The number of rotatable bonds is 2. The Balaban J connectivity index is 2.30. The third kappa shape index (κ3) is 1.55. The fourth-order valence-electron chi connectivity index (χ4n) is 1.83. The molecular formula is C8H13N3O2S. The van der Waals surface area contributed by atoms with E-state index in [1.807, 2.05) is 6.92 Å². The number of ether oxygens (including phenoxy) is 1. The Labute approximate surface area is 86.1 Å². The van der Waals surface area contributed by atoms with E-state index in [4.69, 9.17) is 17.0 Å². The molecule has 78 valence electrons. The van der Waals surface area contributed by atoms with Crippen LogP contribution in [0.5, 0.6) is 0 Å². The molecule has 1 aliphatic heterocycles. The molecule has 2 heterocycles. The van der Waals surface area contributed by atoms with E-state index in [1.54, 1.807) is 4.57 Å². The average Bonchev–Trinajstić information content (AvgIpc) is 2.75. The Morgan fingerprint density at radius 3 is 2.93 bits per heavy atom. The van der Waals surface area contributed by atoms with Crippen LogP contribution in [0.15, 0.2) is 4.79 Å². The molecule has 14 heavy (non-hydrogen) atoms. The van der Waals surface area contributed by atoms with E-state index in [0.717, 1.165) is 13.0 Å². The molecule has 6 heteroatoms. The van der Waals surface area contributed by atoms with Crippen LogP contribution in [0.25, 0.3) is 0 Å². The van der Waals surface area contributed by atoms with Crippen LogP contribution < -0.4 is 5.69 Å². The van der Waals surface area contributed by atoms with Gasteiger partial charge >= 0.3 is 5.69 Å². The van der Waals surface area contributed by atoms with Gasteiger partial charge in [0.05, 0.1) is 6.61 Å². The van der Waals surface area contributed by atoms with Crippen LogP contribution in [0.2, 0.25) is 0 Å². The molecule has 0 bridgehead atoms. The molecule has 0 spiro atoms. The predicted octanol–water partition coefficient (Wildman–Crippen LogP) is 0.831. The number of aromatic nitrogens is 3. The lowest BCUT2D eigenvalue weighted by atomic mass is 10.0. The van der Waals surface area contributed by atoms with Gasteiger partial charge in [-0.2, -0.15) is 0 Å². The Bertz CT molecular complexity index is 385. The van der Waals surface area contributed by atoms with Crippen LogP contribution in [0.4, 0.5) is 0 Å². The third-order valence-electron chi connectivity index (χ3n) is 2.77. The fraction of sp³-hybridized carbons (Fsp3) is 0.750. The molecule has 5 nitrogen and oxygen atoms in total. The molecule has 2 atom stereocenters. The standard InChI is InChI=1S/C8H13N3O2S/c1-5(6-2-3-13-4-6)11-7(12)9-10-8(11)14/h5-6H,2-4H2,1H3,(H,9,12)(H,10,14). The highest BCUT2D eigenvalue weighted by molar-refractivity contribution is 7.71. The average molecular weight is 215 g/mol. The maximum Gasteiger partial charge on any atom is 0.342 e. The second-order valence-electron chi connectivity index (χ2n) is 3.59. The minimum absolute atomic E-state index is 0.0972. The summed E-state index contributed by atoms with van der Waals surface area (Å²) in [5, 5.41) is 5.12. The SMILES string of the molecule is CC(C1CCOC1)n1c(=O)[nH][nH]c1=S. The topological polar surface area (TPSA) is 62.8 Å². The molecule has 0 saturated carbocycles. The van der Waals surface area contributed by atoms with Gasteiger partial charge in [-0.3, -0.25) is 9.67 Å². The van der Waals surface area contributed by atoms with E-state index in [0.29, 0.717) is 17.3 Å². The number of nitrogens with zero attached hydrogens (tertiary/aromatic N) is 1. The van der Waals surface area contributed by atoms with Gasteiger partial charge in [-0.1, -0.05) is 0 Å². The van der Waals surface area contributed by atoms with Crippen molar-refractivity contribution < 1.29 is 4.74 Å². The van der Waals surface area contributed by atoms with Crippen molar-refractivity contribution in [1.29, 1.82) is 0 Å². The summed E-state index contributed by atoms with van der Waals surface area (Å²) in [5.41, 5.74) is -0.172. The Kier molecular flexibility index (Phi) is 2.56. The molecular weight excluding hydrogens is 202 g/mol. The number of aromatic amines is 2. The van der Waals surface area contributed by atoms with Gasteiger partial charge in [0.15, 0.2) is 4.77 Å². The highest BCUT2D eigenvalue weighted by Gasteiger charge is 2.25. The van der Waals surface area contributed by atoms with Crippen molar-refractivity contribution >= 4 is 12.2 Å². The van der Waals surface area contributed by atoms with E-state index >= 15 is 0 Å². The van der Waals surface area contributed by atoms with Gasteiger partial charge in [0.1, 0.15) is 0 Å². The molecule has 2 N–H and O–H groups in total. The summed E-state index contributed by atoms with van der Waals surface area (Å²) in [6.07, 6.45) is 0.994. The van der Waals surface area contributed by atoms with Crippen molar-refractivity contribution in [3.05, 3.63) is 15.3 Å². The lowest BCUT2D eigenvalue weighted by molar-refractivity contribution is 0.174. The Morgan fingerprint density at radius 1 is 1.64 bits per heavy atom. The Hall–Kier alpha value is -0.880. The zero-order valence-corrected chi connectivity index (χ0v) is 8.76. The molecule has 2 rings (SSSR count). The second kappa shape index (κ2) is 3.70. The minimum atomic E-state index is -0.172. The number of hydrogen-bond donors (Lipinski definition) is 2. The molecule has 0 aliphatic carbocycles. The lowest BCUT2D eigenvalue weighted by Gasteiger charge is -2.17. The summed E-state index contributed by atoms with van der Waals surface area (Å²) in [5.74, 6) is 0.388. The van der Waals surface area contributed by atoms with E-state index < -0.39 is 0 Å². The van der Waals surface area contributed by atoms with Crippen LogP contribution in [0, 0.1) is 10.7 Å². The molecule has 0 radical (unpaired) electrons. The van der Waals surface area contributed by atoms with Crippen molar-refractivity contribution in [2.24, 2.45) is 5.92 Å². The van der Waals surface area contributed by atoms with Crippen molar-refractivity contribution in [1.82, 2.24) is 14.8 Å². The summed E-state index contributed by atoms with van der Waals surface area (Å²) in [7, 11) is 0. The van der Waals surface area contributed by atoms with Gasteiger partial charge in [-0.25, -0.2) is 9.89 Å². The summed E-state index contributed by atoms with van der Waals surface area (Å²) in [6, 6.07) is 0.0972. The van der Waals surface area contributed by atoms with Gasteiger partial charge in [0, 0.05) is 18.6 Å². The number of hydrogen-bond acceptors (Lipinski definition) is 3. The van der Waals surface area contributed by atoms with E-state index in [1.165, 1.54) is 0 Å². The maximum atomic E-state index is 11.4. The third-order valence-corrected chi connectivity index (χ3v) is 3.07. The van der Waals surface area contributed by atoms with Gasteiger partial charge in [0.25, 0.3) is 0 Å². The first-order valence-electron chi connectivity index (χ1n) is 4.67. The molecule has 0 amide bonds. The molecule has 0 aromatic carbocycles. The van der Waals surface area contributed by atoms with Crippen molar-refractivity contribution in [2.45, 2.75) is 19.4 Å². The molecule has 2 unspecified atom stereocenters. The van der Waals surface area contributed by atoms with Crippen LogP contribution in [-0.2, 0) is 4.74 Å². The van der Waals surface area contributed by atoms with E-state index in [-0.39, 0.29) is 11.7 Å². The first-order chi connectivity index (χ1) is 6.70. The van der Waals surface area contributed by atoms with Crippen LogP contribution in [0.1, 0.15) is 19.4 Å². The van der Waals surface area contributed by atoms with Gasteiger partial charge < -0.3 is 4.74 Å². The molecule has 1 aromatic heterocycles. The number of nitrogens with one attached hydrogen (secondary N) is 2.